The minimum atomic E-state index is -0.413. The van der Waals surface area contributed by atoms with E-state index in [4.69, 9.17) is 4.74 Å². The summed E-state index contributed by atoms with van der Waals surface area (Å²) in [6.45, 7) is 4.74. The van der Waals surface area contributed by atoms with Crippen LogP contribution in [0.15, 0.2) is 54.7 Å². The number of carbonyl (C=O) groups is 1. The first-order chi connectivity index (χ1) is 15.0. The number of hydrogen-bond acceptors (Lipinski definition) is 4. The van der Waals surface area contributed by atoms with Gasteiger partial charge in [0.2, 0.25) is 0 Å². The number of para-hydroxylation sites is 1. The van der Waals surface area contributed by atoms with E-state index >= 15 is 0 Å². The van der Waals surface area contributed by atoms with E-state index in [9.17, 15) is 13.6 Å². The molecule has 1 aliphatic heterocycles. The number of morpholine rings is 1. The fraction of sp³-hybridized carbons (Fsp3) is 0.304. The molecule has 1 aromatic heterocycles. The zero-order valence-corrected chi connectivity index (χ0v) is 17.2. The molecule has 0 spiro atoms. The number of hydrogen-bond donors (Lipinski definition) is 1. The molecule has 1 amide bonds. The van der Waals surface area contributed by atoms with E-state index in [2.05, 4.69) is 15.3 Å². The van der Waals surface area contributed by atoms with Gasteiger partial charge < -0.3 is 10.1 Å². The van der Waals surface area contributed by atoms with Gasteiger partial charge in [0, 0.05) is 19.6 Å². The van der Waals surface area contributed by atoms with Gasteiger partial charge in [0.25, 0.3) is 5.91 Å². The molecule has 2 heterocycles. The van der Waals surface area contributed by atoms with Crippen LogP contribution in [0.2, 0.25) is 0 Å². The van der Waals surface area contributed by atoms with Crippen molar-refractivity contribution in [2.45, 2.75) is 13.0 Å². The molecule has 1 saturated heterocycles. The number of nitrogens with one attached hydrogen (secondary N) is 1. The Morgan fingerprint density at radius 1 is 1.13 bits per heavy atom. The molecule has 1 aliphatic rings. The molecule has 0 radical (unpaired) electrons. The lowest BCUT2D eigenvalue weighted by molar-refractivity contribution is 0.0162. The van der Waals surface area contributed by atoms with Crippen LogP contribution in [-0.4, -0.2) is 53.4 Å². The molecule has 2 aromatic carbocycles. The number of nitrogens with zero attached hydrogens (tertiary/aromatic N) is 3. The number of halogens is 2. The summed E-state index contributed by atoms with van der Waals surface area (Å²) >= 11 is 0. The summed E-state index contributed by atoms with van der Waals surface area (Å²) in [6.07, 6.45) is 1.44. The highest BCUT2D eigenvalue weighted by Gasteiger charge is 2.24. The van der Waals surface area contributed by atoms with E-state index in [-0.39, 0.29) is 23.5 Å². The second kappa shape index (κ2) is 9.36. The molecule has 162 valence electrons. The highest BCUT2D eigenvalue weighted by atomic mass is 19.1. The first-order valence-corrected chi connectivity index (χ1v) is 10.2. The van der Waals surface area contributed by atoms with Crippen molar-refractivity contribution < 1.29 is 18.3 Å². The normalized spacial score (nSPS) is 15.6. The Labute approximate surface area is 179 Å². The van der Waals surface area contributed by atoms with Crippen molar-refractivity contribution in [2.24, 2.45) is 0 Å². The molecule has 0 saturated carbocycles. The minimum Gasteiger partial charge on any atom is -0.379 e. The van der Waals surface area contributed by atoms with Crippen molar-refractivity contribution in [1.29, 1.82) is 0 Å². The standard InChI is InChI=1S/C23H24F2N4O2/c1-16-19(14-27-29(16)21-5-3-2-4-20(21)25)23(30)26-15-22(28-10-12-31-13-11-28)17-6-8-18(24)9-7-17/h2-9,14,22H,10-13,15H2,1H3,(H,26,30). The minimum absolute atomic E-state index is 0.115. The Morgan fingerprint density at radius 3 is 2.55 bits per heavy atom. The van der Waals surface area contributed by atoms with Crippen molar-refractivity contribution >= 4 is 5.91 Å². The van der Waals surface area contributed by atoms with Crippen LogP contribution in [0.1, 0.15) is 27.7 Å². The fourth-order valence-electron chi connectivity index (χ4n) is 3.82. The van der Waals surface area contributed by atoms with Crippen molar-refractivity contribution in [2.75, 3.05) is 32.8 Å². The molecule has 0 aliphatic carbocycles. The number of carbonyl (C=O) groups excluding carboxylic acids is 1. The summed E-state index contributed by atoms with van der Waals surface area (Å²) in [7, 11) is 0. The molecule has 8 heteroatoms. The molecular formula is C23H24F2N4O2. The second-order valence-corrected chi connectivity index (χ2v) is 7.43. The van der Waals surface area contributed by atoms with Gasteiger partial charge in [0.1, 0.15) is 17.3 Å². The average Bonchev–Trinajstić information content (AvgIpc) is 3.17. The summed E-state index contributed by atoms with van der Waals surface area (Å²) < 4.78 is 34.4. The fourth-order valence-corrected chi connectivity index (χ4v) is 3.82. The van der Waals surface area contributed by atoms with E-state index < -0.39 is 5.82 Å². The summed E-state index contributed by atoms with van der Waals surface area (Å²) in [5.41, 5.74) is 2.13. The highest BCUT2D eigenvalue weighted by Crippen LogP contribution is 2.22. The van der Waals surface area contributed by atoms with Gasteiger partial charge in [-0.3, -0.25) is 9.69 Å². The van der Waals surface area contributed by atoms with Crippen LogP contribution in [-0.2, 0) is 4.74 Å². The summed E-state index contributed by atoms with van der Waals surface area (Å²) in [6, 6.07) is 12.5. The maximum Gasteiger partial charge on any atom is 0.254 e. The Morgan fingerprint density at radius 2 is 1.84 bits per heavy atom. The monoisotopic (exact) mass is 426 g/mol. The van der Waals surface area contributed by atoms with Gasteiger partial charge in [-0.2, -0.15) is 5.10 Å². The SMILES string of the molecule is Cc1c(C(=O)NCC(c2ccc(F)cc2)N2CCOCC2)cnn1-c1ccccc1F. The quantitative estimate of drug-likeness (QED) is 0.657. The highest BCUT2D eigenvalue weighted by molar-refractivity contribution is 5.95. The van der Waals surface area contributed by atoms with Crippen LogP contribution in [0.4, 0.5) is 8.78 Å². The Balaban J connectivity index is 1.51. The van der Waals surface area contributed by atoms with Crippen molar-refractivity contribution in [1.82, 2.24) is 20.0 Å². The molecule has 3 aromatic rings. The summed E-state index contributed by atoms with van der Waals surface area (Å²) in [5, 5.41) is 7.17. The number of benzene rings is 2. The second-order valence-electron chi connectivity index (χ2n) is 7.43. The lowest BCUT2D eigenvalue weighted by Gasteiger charge is -2.35. The van der Waals surface area contributed by atoms with Crippen LogP contribution in [0.25, 0.3) is 5.69 Å². The third-order valence-corrected chi connectivity index (χ3v) is 5.53. The first-order valence-electron chi connectivity index (χ1n) is 10.2. The molecule has 1 atom stereocenters. The van der Waals surface area contributed by atoms with Crippen LogP contribution >= 0.6 is 0 Å². The summed E-state index contributed by atoms with van der Waals surface area (Å²) in [5.74, 6) is -1.01. The van der Waals surface area contributed by atoms with E-state index in [0.29, 0.717) is 31.0 Å². The van der Waals surface area contributed by atoms with Crippen molar-refractivity contribution in [3.8, 4) is 5.69 Å². The van der Waals surface area contributed by atoms with Gasteiger partial charge in [-0.05, 0) is 36.8 Å². The van der Waals surface area contributed by atoms with Gasteiger partial charge in [0.15, 0.2) is 0 Å². The third-order valence-electron chi connectivity index (χ3n) is 5.53. The zero-order chi connectivity index (χ0) is 21.8. The number of aromatic nitrogens is 2. The molecule has 31 heavy (non-hydrogen) atoms. The largest absolute Gasteiger partial charge is 0.379 e. The van der Waals surface area contributed by atoms with Gasteiger partial charge in [0.05, 0.1) is 36.7 Å². The lowest BCUT2D eigenvalue weighted by Crippen LogP contribution is -2.43. The topological polar surface area (TPSA) is 59.4 Å². The zero-order valence-electron chi connectivity index (χ0n) is 17.2. The van der Waals surface area contributed by atoms with Crippen molar-refractivity contribution in [3.05, 3.63) is 83.2 Å². The number of ether oxygens (including phenoxy) is 1. The number of amides is 1. The molecular weight excluding hydrogens is 402 g/mol. The molecule has 1 N–H and O–H groups in total. The number of rotatable bonds is 6. The Bertz CT molecular complexity index is 1050. The van der Waals surface area contributed by atoms with Crippen molar-refractivity contribution in [3.63, 3.8) is 0 Å². The van der Waals surface area contributed by atoms with E-state index in [1.807, 2.05) is 0 Å². The maximum absolute atomic E-state index is 14.1. The van der Waals surface area contributed by atoms with Gasteiger partial charge in [-0.15, -0.1) is 0 Å². The molecule has 6 nitrogen and oxygen atoms in total. The van der Waals surface area contributed by atoms with Crippen LogP contribution in [0, 0.1) is 18.6 Å². The van der Waals surface area contributed by atoms with Gasteiger partial charge in [-0.25, -0.2) is 13.5 Å². The Kier molecular flexibility index (Phi) is 6.39. The summed E-state index contributed by atoms with van der Waals surface area (Å²) in [4.78, 5) is 15.1. The predicted octanol–water partition coefficient (Wildman–Crippen LogP) is 3.26. The van der Waals surface area contributed by atoms with Crippen LogP contribution in [0.5, 0.6) is 0 Å². The van der Waals surface area contributed by atoms with E-state index in [1.165, 1.54) is 29.1 Å². The first kappa shape index (κ1) is 21.1. The predicted molar refractivity (Wildman–Crippen MR) is 112 cm³/mol. The third kappa shape index (κ3) is 4.65. The maximum atomic E-state index is 14.1. The average molecular weight is 426 g/mol. The molecule has 0 bridgehead atoms. The lowest BCUT2D eigenvalue weighted by atomic mass is 10.0. The van der Waals surface area contributed by atoms with Gasteiger partial charge >= 0.3 is 0 Å². The molecule has 1 fully saturated rings. The van der Waals surface area contributed by atoms with E-state index in [1.54, 1.807) is 37.3 Å². The van der Waals surface area contributed by atoms with Crippen LogP contribution in [0.3, 0.4) is 0 Å². The van der Waals surface area contributed by atoms with E-state index in [0.717, 1.165) is 18.7 Å². The smallest absolute Gasteiger partial charge is 0.254 e. The van der Waals surface area contributed by atoms with Crippen LogP contribution < -0.4 is 5.32 Å². The Hall–Kier alpha value is -3.10. The van der Waals surface area contributed by atoms with Gasteiger partial charge in [-0.1, -0.05) is 24.3 Å². The molecule has 1 unspecified atom stereocenters. The molecule has 4 rings (SSSR count).